The van der Waals surface area contributed by atoms with E-state index in [1.807, 2.05) is 0 Å². The van der Waals surface area contributed by atoms with Crippen LogP contribution in [0.15, 0.2) is 84.9 Å². The molecule has 0 saturated carbocycles. The van der Waals surface area contributed by atoms with Crippen LogP contribution in [0.1, 0.15) is 22.3 Å². The lowest BCUT2D eigenvalue weighted by Crippen LogP contribution is -1.88. The number of hydrogen-bond acceptors (Lipinski definition) is 0. The molecule has 1 aliphatic carbocycles. The molecular formula is C27H22. The summed E-state index contributed by atoms with van der Waals surface area (Å²) in [6.07, 6.45) is 1.04. The van der Waals surface area contributed by atoms with E-state index in [1.54, 1.807) is 0 Å². The van der Waals surface area contributed by atoms with Crippen molar-refractivity contribution < 1.29 is 0 Å². The molecule has 0 radical (unpaired) electrons. The van der Waals surface area contributed by atoms with Gasteiger partial charge in [0, 0.05) is 0 Å². The maximum absolute atomic E-state index is 2.40. The zero-order chi connectivity index (χ0) is 18.4. The van der Waals surface area contributed by atoms with E-state index in [2.05, 4.69) is 98.8 Å². The maximum Gasteiger partial charge on any atom is -0.00132 e. The van der Waals surface area contributed by atoms with Crippen molar-refractivity contribution in [1.82, 2.24) is 0 Å². The first-order valence-electron chi connectivity index (χ1n) is 9.59. The second-order valence-electron chi connectivity index (χ2n) is 7.56. The first-order valence-corrected chi connectivity index (χ1v) is 9.59. The Morgan fingerprint density at radius 3 is 1.30 bits per heavy atom. The van der Waals surface area contributed by atoms with Gasteiger partial charge in [0.05, 0.1) is 0 Å². The van der Waals surface area contributed by atoms with E-state index in [0.717, 1.165) is 6.42 Å². The molecule has 0 aromatic heterocycles. The summed E-state index contributed by atoms with van der Waals surface area (Å²) in [5, 5.41) is 0. The van der Waals surface area contributed by atoms with Crippen LogP contribution in [0.5, 0.6) is 0 Å². The Labute approximate surface area is 161 Å². The molecule has 0 atom stereocenters. The third-order valence-electron chi connectivity index (χ3n) is 5.74. The molecule has 1 aliphatic rings. The molecule has 4 aromatic carbocycles. The van der Waals surface area contributed by atoms with Crippen LogP contribution >= 0.6 is 0 Å². The van der Waals surface area contributed by atoms with Crippen LogP contribution in [0.4, 0.5) is 0 Å². The fraction of sp³-hybridized carbons (Fsp3) is 0.111. The van der Waals surface area contributed by atoms with Crippen LogP contribution in [0.2, 0.25) is 0 Å². The van der Waals surface area contributed by atoms with Crippen molar-refractivity contribution >= 4 is 0 Å². The number of hydrogen-bond donors (Lipinski definition) is 0. The van der Waals surface area contributed by atoms with E-state index in [1.165, 1.54) is 55.6 Å². The standard InChI is InChI=1S/C27H22/c1-18-13-22-15-23-14-19(2)25(21-11-7-4-8-12-21)17-27(23)26(22)16-24(18)20-9-5-3-6-10-20/h3-14,16-17H,15H2,1-2H3. The van der Waals surface area contributed by atoms with Crippen molar-refractivity contribution in [1.29, 1.82) is 0 Å². The Kier molecular flexibility index (Phi) is 3.72. The zero-order valence-corrected chi connectivity index (χ0v) is 15.8. The Bertz CT molecular complexity index is 1040. The lowest BCUT2D eigenvalue weighted by Gasteiger charge is -2.12. The van der Waals surface area contributed by atoms with Gasteiger partial charge in [-0.15, -0.1) is 0 Å². The largest absolute Gasteiger partial charge is 0.0622 e. The van der Waals surface area contributed by atoms with Crippen LogP contribution in [0.25, 0.3) is 33.4 Å². The summed E-state index contributed by atoms with van der Waals surface area (Å²) in [7, 11) is 0. The minimum absolute atomic E-state index is 1.04. The van der Waals surface area contributed by atoms with Crippen molar-refractivity contribution in [2.75, 3.05) is 0 Å². The highest BCUT2D eigenvalue weighted by Crippen LogP contribution is 2.43. The molecule has 27 heavy (non-hydrogen) atoms. The summed E-state index contributed by atoms with van der Waals surface area (Å²) in [4.78, 5) is 0. The van der Waals surface area contributed by atoms with Crippen molar-refractivity contribution in [2.45, 2.75) is 20.3 Å². The van der Waals surface area contributed by atoms with E-state index in [-0.39, 0.29) is 0 Å². The van der Waals surface area contributed by atoms with Crippen LogP contribution < -0.4 is 0 Å². The van der Waals surface area contributed by atoms with Crippen molar-refractivity contribution in [3.8, 4) is 33.4 Å². The van der Waals surface area contributed by atoms with Gasteiger partial charge in [0.25, 0.3) is 0 Å². The average molecular weight is 346 g/mol. The van der Waals surface area contributed by atoms with Gasteiger partial charge in [-0.05, 0) is 88.0 Å². The van der Waals surface area contributed by atoms with Gasteiger partial charge >= 0.3 is 0 Å². The second-order valence-corrected chi connectivity index (χ2v) is 7.56. The molecule has 0 amide bonds. The molecule has 0 spiro atoms. The van der Waals surface area contributed by atoms with Gasteiger partial charge in [0.2, 0.25) is 0 Å². The summed E-state index contributed by atoms with van der Waals surface area (Å²) < 4.78 is 0. The molecule has 5 rings (SSSR count). The highest BCUT2D eigenvalue weighted by atomic mass is 14.3. The predicted molar refractivity (Wildman–Crippen MR) is 115 cm³/mol. The van der Waals surface area contributed by atoms with Crippen LogP contribution in [-0.4, -0.2) is 0 Å². The van der Waals surface area contributed by atoms with E-state index in [9.17, 15) is 0 Å². The van der Waals surface area contributed by atoms with E-state index in [4.69, 9.17) is 0 Å². The molecule has 0 N–H and O–H groups in total. The Morgan fingerprint density at radius 2 is 0.889 bits per heavy atom. The van der Waals surface area contributed by atoms with Gasteiger partial charge in [0.1, 0.15) is 0 Å². The summed E-state index contributed by atoms with van der Waals surface area (Å²) in [5.74, 6) is 0. The zero-order valence-electron chi connectivity index (χ0n) is 15.8. The molecule has 4 aromatic rings. The van der Waals surface area contributed by atoms with Crippen LogP contribution in [-0.2, 0) is 6.42 Å². The molecule has 0 saturated heterocycles. The lowest BCUT2D eigenvalue weighted by atomic mass is 9.92. The van der Waals surface area contributed by atoms with Crippen molar-refractivity contribution in [3.05, 3.63) is 107 Å². The first-order chi connectivity index (χ1) is 13.2. The SMILES string of the molecule is Cc1cc2c(cc1-c1ccccc1)-c1cc(-c3ccccc3)c(C)cc1C2. The quantitative estimate of drug-likeness (QED) is 0.317. The molecule has 0 nitrogen and oxygen atoms in total. The monoisotopic (exact) mass is 346 g/mol. The molecule has 0 bridgehead atoms. The molecule has 130 valence electrons. The Hall–Kier alpha value is -3.12. The number of fused-ring (bicyclic) bond motifs is 3. The highest BCUT2D eigenvalue weighted by Gasteiger charge is 2.22. The normalized spacial score (nSPS) is 11.9. The first kappa shape index (κ1) is 16.1. The van der Waals surface area contributed by atoms with Crippen LogP contribution in [0.3, 0.4) is 0 Å². The number of rotatable bonds is 2. The van der Waals surface area contributed by atoms with Gasteiger partial charge in [-0.1, -0.05) is 72.8 Å². The topological polar surface area (TPSA) is 0 Å². The second kappa shape index (κ2) is 6.25. The smallest absolute Gasteiger partial charge is 0.00132 e. The fourth-order valence-corrected chi connectivity index (χ4v) is 4.39. The third-order valence-corrected chi connectivity index (χ3v) is 5.74. The minimum atomic E-state index is 1.04. The number of benzene rings is 4. The maximum atomic E-state index is 2.40. The summed E-state index contributed by atoms with van der Waals surface area (Å²) in [6, 6.07) is 31.0. The minimum Gasteiger partial charge on any atom is -0.0622 e. The van der Waals surface area contributed by atoms with Gasteiger partial charge in [0.15, 0.2) is 0 Å². The van der Waals surface area contributed by atoms with Crippen LogP contribution in [0, 0.1) is 13.8 Å². The average Bonchev–Trinajstić information content (AvgIpc) is 3.03. The summed E-state index contributed by atoms with van der Waals surface area (Å²) in [6.45, 7) is 4.46. The summed E-state index contributed by atoms with van der Waals surface area (Å²) >= 11 is 0. The molecule has 0 aliphatic heterocycles. The van der Waals surface area contributed by atoms with Crippen molar-refractivity contribution in [3.63, 3.8) is 0 Å². The van der Waals surface area contributed by atoms with Gasteiger partial charge < -0.3 is 0 Å². The fourth-order valence-electron chi connectivity index (χ4n) is 4.39. The lowest BCUT2D eigenvalue weighted by molar-refractivity contribution is 1.24. The molecule has 0 heterocycles. The van der Waals surface area contributed by atoms with Crippen molar-refractivity contribution in [2.24, 2.45) is 0 Å². The Morgan fingerprint density at radius 1 is 0.481 bits per heavy atom. The number of aryl methyl sites for hydroxylation is 2. The molecule has 0 unspecified atom stereocenters. The van der Waals surface area contributed by atoms with Gasteiger partial charge in [-0.25, -0.2) is 0 Å². The van der Waals surface area contributed by atoms with Gasteiger partial charge in [-0.3, -0.25) is 0 Å². The third kappa shape index (κ3) is 2.69. The van der Waals surface area contributed by atoms with Gasteiger partial charge in [-0.2, -0.15) is 0 Å². The predicted octanol–water partition coefficient (Wildman–Crippen LogP) is 7.21. The van der Waals surface area contributed by atoms with E-state index < -0.39 is 0 Å². The molecular weight excluding hydrogens is 324 g/mol. The molecule has 0 fully saturated rings. The van der Waals surface area contributed by atoms with E-state index in [0.29, 0.717) is 0 Å². The summed E-state index contributed by atoms with van der Waals surface area (Å²) in [5.41, 5.74) is 13.7. The highest BCUT2D eigenvalue weighted by molar-refractivity contribution is 5.86. The molecule has 0 heteroatoms. The van der Waals surface area contributed by atoms with E-state index >= 15 is 0 Å². The Balaban J connectivity index is 1.69.